The quantitative estimate of drug-likeness (QED) is 0.654. The molecule has 0 N–H and O–H groups in total. The Balaban J connectivity index is 1.59. The van der Waals surface area contributed by atoms with E-state index in [0.717, 1.165) is 29.9 Å². The van der Waals surface area contributed by atoms with E-state index in [4.69, 9.17) is 4.98 Å². The highest BCUT2D eigenvalue weighted by molar-refractivity contribution is 5.95. The minimum Gasteiger partial charge on any atom is -0.343 e. The molecule has 5 rings (SSSR count). The van der Waals surface area contributed by atoms with E-state index >= 15 is 0 Å². The van der Waals surface area contributed by atoms with Crippen LogP contribution in [0.1, 0.15) is 39.4 Å². The molecule has 2 atom stereocenters. The molecule has 158 valence electrons. The second kappa shape index (κ2) is 7.61. The van der Waals surface area contributed by atoms with Gasteiger partial charge in [-0.25, -0.2) is 15.0 Å². The summed E-state index contributed by atoms with van der Waals surface area (Å²) in [5, 5.41) is 0. The molecule has 2 amide bonds. The van der Waals surface area contributed by atoms with Gasteiger partial charge >= 0.3 is 0 Å². The van der Waals surface area contributed by atoms with E-state index in [2.05, 4.69) is 14.5 Å². The molecule has 0 saturated carbocycles. The summed E-state index contributed by atoms with van der Waals surface area (Å²) in [7, 11) is 3.48. The van der Waals surface area contributed by atoms with E-state index in [9.17, 15) is 9.59 Å². The minimum absolute atomic E-state index is 0.0213. The average Bonchev–Trinajstić information content (AvgIpc) is 3.29. The molecule has 2 aliphatic rings. The van der Waals surface area contributed by atoms with Crippen molar-refractivity contribution in [3.8, 4) is 11.4 Å². The zero-order valence-electron chi connectivity index (χ0n) is 17.6. The van der Waals surface area contributed by atoms with E-state index in [1.807, 2.05) is 35.2 Å². The van der Waals surface area contributed by atoms with Gasteiger partial charge in [-0.3, -0.25) is 9.59 Å². The molecule has 1 aromatic carbocycles. The third-order valence-corrected chi connectivity index (χ3v) is 6.20. The van der Waals surface area contributed by atoms with Gasteiger partial charge in [-0.05, 0) is 12.8 Å². The second-order valence-electron chi connectivity index (χ2n) is 8.34. The summed E-state index contributed by atoms with van der Waals surface area (Å²) in [5.41, 5.74) is 2.85. The number of aromatic nitrogens is 4. The van der Waals surface area contributed by atoms with Crippen LogP contribution in [0.2, 0.25) is 0 Å². The smallest absolute Gasteiger partial charge is 0.273 e. The van der Waals surface area contributed by atoms with Crippen LogP contribution < -0.4 is 0 Å². The average molecular weight is 416 g/mol. The molecule has 31 heavy (non-hydrogen) atoms. The van der Waals surface area contributed by atoms with Gasteiger partial charge in [0, 0.05) is 51.1 Å². The molecule has 0 radical (unpaired) electrons. The normalized spacial score (nSPS) is 19.6. The van der Waals surface area contributed by atoms with Gasteiger partial charge in [0.25, 0.3) is 11.8 Å². The third-order valence-electron chi connectivity index (χ3n) is 6.20. The van der Waals surface area contributed by atoms with Gasteiger partial charge < -0.3 is 14.4 Å². The first-order chi connectivity index (χ1) is 15.0. The van der Waals surface area contributed by atoms with Gasteiger partial charge in [-0.15, -0.1) is 0 Å². The number of hydrogen-bond acceptors (Lipinski definition) is 5. The van der Waals surface area contributed by atoms with Crippen molar-refractivity contribution in [2.24, 2.45) is 0 Å². The highest BCUT2D eigenvalue weighted by atomic mass is 16.2. The van der Waals surface area contributed by atoms with E-state index in [1.54, 1.807) is 31.4 Å². The summed E-state index contributed by atoms with van der Waals surface area (Å²) < 4.78 is 2.15. The molecule has 2 bridgehead atoms. The number of nitrogens with zero attached hydrogens (tertiary/aromatic N) is 6. The SMILES string of the molecule is CN(C)C(=O)c1nc(-c2ccccc2)n2c1C[C@@H]1CC[C@H](C2)N1C(=O)c1cncnc1. The molecule has 0 aliphatic carbocycles. The Hall–Kier alpha value is -3.55. The van der Waals surface area contributed by atoms with Crippen molar-refractivity contribution < 1.29 is 9.59 Å². The topological polar surface area (TPSA) is 84.2 Å². The first-order valence-corrected chi connectivity index (χ1v) is 10.5. The number of fused-ring (bicyclic) bond motifs is 3. The Bertz CT molecular complexity index is 1130. The van der Waals surface area contributed by atoms with Crippen LogP contribution >= 0.6 is 0 Å². The number of carbonyl (C=O) groups excluding carboxylic acids is 2. The van der Waals surface area contributed by atoms with E-state index in [1.165, 1.54) is 6.33 Å². The standard InChI is InChI=1S/C23H24N6O2/c1-27(2)23(31)20-19-10-17-8-9-18(29(17)22(30)16-11-24-14-25-12-16)13-28(19)21(26-20)15-6-4-3-5-7-15/h3-7,11-12,14,17-18H,8-10,13H2,1-2H3/t17-,18+/m0/s1. The zero-order valence-corrected chi connectivity index (χ0v) is 17.6. The predicted octanol–water partition coefficient (Wildman–Crippen LogP) is 2.27. The lowest BCUT2D eigenvalue weighted by Gasteiger charge is -2.28. The molecule has 2 aliphatic heterocycles. The first kappa shape index (κ1) is 19.4. The van der Waals surface area contributed by atoms with Crippen LogP contribution in [-0.4, -0.2) is 67.3 Å². The third kappa shape index (κ3) is 3.28. The van der Waals surface area contributed by atoms with Gasteiger partial charge in [0.15, 0.2) is 0 Å². The number of benzene rings is 1. The summed E-state index contributed by atoms with van der Waals surface area (Å²) >= 11 is 0. The molecule has 4 heterocycles. The van der Waals surface area contributed by atoms with E-state index < -0.39 is 0 Å². The Morgan fingerprint density at radius 3 is 2.45 bits per heavy atom. The lowest BCUT2D eigenvalue weighted by molar-refractivity contribution is 0.0665. The maximum atomic E-state index is 13.3. The van der Waals surface area contributed by atoms with Gasteiger partial charge in [0.05, 0.1) is 17.3 Å². The number of hydrogen-bond donors (Lipinski definition) is 0. The molecule has 1 saturated heterocycles. The van der Waals surface area contributed by atoms with E-state index in [0.29, 0.717) is 24.2 Å². The highest BCUT2D eigenvalue weighted by Crippen LogP contribution is 2.36. The minimum atomic E-state index is -0.113. The summed E-state index contributed by atoms with van der Waals surface area (Å²) in [5.74, 6) is 0.621. The number of imidazole rings is 1. The fourth-order valence-electron chi connectivity index (χ4n) is 4.75. The predicted molar refractivity (Wildman–Crippen MR) is 114 cm³/mol. The Kier molecular flexibility index (Phi) is 4.77. The summed E-state index contributed by atoms with van der Waals surface area (Å²) in [6.45, 7) is 0.614. The van der Waals surface area contributed by atoms with Crippen LogP contribution in [0.3, 0.4) is 0 Å². The molecule has 1 fully saturated rings. The maximum absolute atomic E-state index is 13.3. The van der Waals surface area contributed by atoms with Crippen molar-refractivity contribution in [3.05, 3.63) is 66.0 Å². The molecule has 8 nitrogen and oxygen atoms in total. The second-order valence-corrected chi connectivity index (χ2v) is 8.34. The van der Waals surface area contributed by atoms with Crippen molar-refractivity contribution in [2.45, 2.75) is 37.9 Å². The fourth-order valence-corrected chi connectivity index (χ4v) is 4.75. The fraction of sp³-hybridized carbons (Fsp3) is 0.348. The Labute approximate surface area is 180 Å². The molecule has 8 heteroatoms. The molecule has 3 aromatic rings. The number of rotatable bonds is 3. The number of amides is 2. The first-order valence-electron chi connectivity index (χ1n) is 10.5. The van der Waals surface area contributed by atoms with Crippen LogP contribution in [0.5, 0.6) is 0 Å². The monoisotopic (exact) mass is 416 g/mol. The van der Waals surface area contributed by atoms with Crippen molar-refractivity contribution >= 4 is 11.8 Å². The van der Waals surface area contributed by atoms with Gasteiger partial charge in [-0.1, -0.05) is 30.3 Å². The molecule has 2 aromatic heterocycles. The van der Waals surface area contributed by atoms with E-state index in [-0.39, 0.29) is 23.9 Å². The van der Waals surface area contributed by atoms with Crippen LogP contribution in [0.4, 0.5) is 0 Å². The Morgan fingerprint density at radius 1 is 1.03 bits per heavy atom. The van der Waals surface area contributed by atoms with Crippen molar-refractivity contribution in [3.63, 3.8) is 0 Å². The summed E-state index contributed by atoms with van der Waals surface area (Å²) in [6, 6.07) is 9.98. The lowest BCUT2D eigenvalue weighted by atomic mass is 10.0. The molecule has 0 unspecified atom stereocenters. The van der Waals surface area contributed by atoms with Gasteiger partial charge in [0.1, 0.15) is 17.8 Å². The molecular weight excluding hydrogens is 392 g/mol. The highest BCUT2D eigenvalue weighted by Gasteiger charge is 2.42. The largest absolute Gasteiger partial charge is 0.343 e. The van der Waals surface area contributed by atoms with Crippen molar-refractivity contribution in [2.75, 3.05) is 14.1 Å². The van der Waals surface area contributed by atoms with Crippen LogP contribution in [0, 0.1) is 0 Å². The summed E-state index contributed by atoms with van der Waals surface area (Å²) in [4.78, 5) is 42.6. The zero-order chi connectivity index (χ0) is 21.5. The van der Waals surface area contributed by atoms with Crippen LogP contribution in [-0.2, 0) is 13.0 Å². The van der Waals surface area contributed by atoms with Gasteiger partial charge in [-0.2, -0.15) is 0 Å². The number of carbonyl (C=O) groups is 2. The lowest BCUT2D eigenvalue weighted by Crippen LogP contribution is -2.42. The van der Waals surface area contributed by atoms with Crippen molar-refractivity contribution in [1.82, 2.24) is 29.3 Å². The maximum Gasteiger partial charge on any atom is 0.273 e. The van der Waals surface area contributed by atoms with Crippen LogP contribution in [0.25, 0.3) is 11.4 Å². The summed E-state index contributed by atoms with van der Waals surface area (Å²) in [6.07, 6.45) is 7.00. The molecule has 0 spiro atoms. The van der Waals surface area contributed by atoms with Gasteiger partial charge in [0.2, 0.25) is 0 Å². The molecular formula is C23H24N6O2. The Morgan fingerprint density at radius 2 is 1.74 bits per heavy atom. The van der Waals surface area contributed by atoms with Crippen LogP contribution in [0.15, 0.2) is 49.1 Å². The van der Waals surface area contributed by atoms with Crippen molar-refractivity contribution in [1.29, 1.82) is 0 Å².